The number of ether oxygens (including phenoxy) is 2. The third kappa shape index (κ3) is 5.50. The summed E-state index contributed by atoms with van der Waals surface area (Å²) in [7, 11) is 0. The number of carbonyl (C=O) groups excluding carboxylic acids is 1. The number of nitrogens with zero attached hydrogens (tertiary/aromatic N) is 8. The van der Waals surface area contributed by atoms with Gasteiger partial charge in [-0.25, -0.2) is 23.5 Å². The Kier molecular flexibility index (Phi) is 7.80. The highest BCUT2D eigenvalue weighted by molar-refractivity contribution is 5.96. The Labute approximate surface area is 277 Å². The maximum absolute atomic E-state index is 16.5. The summed E-state index contributed by atoms with van der Waals surface area (Å²) in [5, 5.41) is 5.80. The van der Waals surface area contributed by atoms with Gasteiger partial charge in [-0.1, -0.05) is 32.0 Å². The first-order valence-electron chi connectivity index (χ1n) is 16.4. The molecule has 2 aliphatic rings. The van der Waals surface area contributed by atoms with Gasteiger partial charge in [0.1, 0.15) is 34.4 Å². The monoisotopic (exact) mass is 654 g/mol. The van der Waals surface area contributed by atoms with Crippen LogP contribution in [0.1, 0.15) is 59.6 Å². The molecule has 5 aromatic rings. The number of rotatable bonds is 2. The fourth-order valence-electron chi connectivity index (χ4n) is 6.60. The molecule has 0 aliphatic carbocycles. The number of para-hydroxylation sites is 1. The van der Waals surface area contributed by atoms with Crippen molar-refractivity contribution in [3.05, 3.63) is 64.7 Å². The highest BCUT2D eigenvalue weighted by Crippen LogP contribution is 2.37. The Morgan fingerprint density at radius 3 is 2.69 bits per heavy atom. The van der Waals surface area contributed by atoms with Crippen LogP contribution in [0, 0.1) is 5.82 Å². The molecular formula is C35H39FN8O4. The number of pyridine rings is 2. The lowest BCUT2D eigenvalue weighted by Gasteiger charge is -2.41. The molecule has 2 aliphatic heterocycles. The zero-order valence-electron chi connectivity index (χ0n) is 28.0. The largest absolute Gasteiger partial charge is 0.491 e. The first kappa shape index (κ1) is 31.5. The molecule has 6 heterocycles. The lowest BCUT2D eigenvalue weighted by molar-refractivity contribution is 0.0218. The Hall–Kier alpha value is -5.07. The molecule has 7 rings (SSSR count). The smallest absolute Gasteiger partial charge is 0.410 e. The lowest BCUT2D eigenvalue weighted by Crippen LogP contribution is -2.55. The highest BCUT2D eigenvalue weighted by atomic mass is 19.1. The molecule has 13 heteroatoms. The molecule has 250 valence electrons. The number of piperazine rings is 1. The Morgan fingerprint density at radius 1 is 1.12 bits per heavy atom. The molecule has 0 N–H and O–H groups in total. The summed E-state index contributed by atoms with van der Waals surface area (Å²) in [5.41, 5.74) is 1.47. The van der Waals surface area contributed by atoms with Crippen LogP contribution in [0.3, 0.4) is 0 Å². The van der Waals surface area contributed by atoms with Crippen LogP contribution in [0.4, 0.5) is 15.0 Å². The second-order valence-electron chi connectivity index (χ2n) is 13.7. The number of aromatic nitrogens is 6. The lowest BCUT2D eigenvalue weighted by atomic mass is 10.1. The number of hydrogen-bond acceptors (Lipinski definition) is 9. The van der Waals surface area contributed by atoms with Crippen LogP contribution in [0.25, 0.3) is 38.9 Å². The molecule has 0 saturated carbocycles. The minimum absolute atomic E-state index is 0.0829. The molecule has 0 spiro atoms. The number of halogens is 1. The van der Waals surface area contributed by atoms with Gasteiger partial charge in [-0.3, -0.25) is 9.67 Å². The summed E-state index contributed by atoms with van der Waals surface area (Å²) in [6, 6.07) is 8.49. The van der Waals surface area contributed by atoms with Gasteiger partial charge in [-0.15, -0.1) is 0 Å². The van der Waals surface area contributed by atoms with E-state index in [0.717, 1.165) is 10.9 Å². The molecule has 48 heavy (non-hydrogen) atoms. The molecule has 0 radical (unpaired) electrons. The van der Waals surface area contributed by atoms with E-state index in [1.54, 1.807) is 23.4 Å². The predicted molar refractivity (Wildman–Crippen MR) is 180 cm³/mol. The van der Waals surface area contributed by atoms with Gasteiger partial charge >= 0.3 is 11.8 Å². The summed E-state index contributed by atoms with van der Waals surface area (Å²) < 4.78 is 31.7. The maximum Gasteiger partial charge on any atom is 0.410 e. The van der Waals surface area contributed by atoms with Crippen molar-refractivity contribution in [1.82, 2.24) is 34.2 Å². The average Bonchev–Trinajstić information content (AvgIpc) is 3.45. The molecule has 1 amide bonds. The molecule has 1 atom stereocenters. The van der Waals surface area contributed by atoms with Gasteiger partial charge in [-0.2, -0.15) is 10.1 Å². The van der Waals surface area contributed by atoms with Crippen molar-refractivity contribution in [2.24, 2.45) is 0 Å². The van der Waals surface area contributed by atoms with E-state index in [1.807, 2.05) is 69.3 Å². The number of aryl methyl sites for hydroxylation is 1. The molecule has 1 fully saturated rings. The molecular weight excluding hydrogens is 615 g/mol. The van der Waals surface area contributed by atoms with Crippen LogP contribution in [0.15, 0.2) is 47.5 Å². The zero-order valence-corrected chi connectivity index (χ0v) is 28.0. The van der Waals surface area contributed by atoms with Crippen LogP contribution in [-0.2, 0) is 11.3 Å². The van der Waals surface area contributed by atoms with Gasteiger partial charge in [0.05, 0.1) is 29.4 Å². The van der Waals surface area contributed by atoms with Crippen molar-refractivity contribution in [3.63, 3.8) is 0 Å². The second kappa shape index (κ2) is 11.9. The number of carbonyl (C=O) groups is 1. The van der Waals surface area contributed by atoms with E-state index in [9.17, 15) is 9.59 Å². The van der Waals surface area contributed by atoms with E-state index in [1.165, 1.54) is 10.6 Å². The number of hydrogen-bond donors (Lipinski definition) is 0. The van der Waals surface area contributed by atoms with Gasteiger partial charge in [0.2, 0.25) is 0 Å². The first-order valence-corrected chi connectivity index (χ1v) is 16.4. The third-order valence-corrected chi connectivity index (χ3v) is 8.73. The Bertz CT molecular complexity index is 2120. The van der Waals surface area contributed by atoms with E-state index in [-0.39, 0.29) is 23.3 Å². The third-order valence-electron chi connectivity index (χ3n) is 8.73. The van der Waals surface area contributed by atoms with E-state index >= 15 is 4.39 Å². The SMILES string of the molecule is CC(C)c1nccc2c1-n1c(=O)nc(N3CCN(C(=O)OC(C)(C)C)C[C@@H]3C)c3cc(F)c(nc31)-c1cccc3cnn(c13)CCCO2. The maximum atomic E-state index is 16.5. The normalized spacial score (nSPS) is 16.8. The van der Waals surface area contributed by atoms with Crippen LogP contribution in [0.2, 0.25) is 0 Å². The van der Waals surface area contributed by atoms with E-state index in [2.05, 4.69) is 15.1 Å². The van der Waals surface area contributed by atoms with E-state index in [0.29, 0.717) is 73.1 Å². The highest BCUT2D eigenvalue weighted by Gasteiger charge is 2.33. The Morgan fingerprint density at radius 2 is 1.94 bits per heavy atom. The minimum atomic E-state index is -0.633. The first-order chi connectivity index (χ1) is 22.9. The molecule has 12 nitrogen and oxygen atoms in total. The minimum Gasteiger partial charge on any atom is -0.491 e. The number of anilines is 1. The van der Waals surface area contributed by atoms with Gasteiger partial charge in [0.25, 0.3) is 0 Å². The molecule has 0 unspecified atom stereocenters. The summed E-state index contributed by atoms with van der Waals surface area (Å²) >= 11 is 0. The molecule has 1 saturated heterocycles. The molecule has 2 bridgehead atoms. The summed E-state index contributed by atoms with van der Waals surface area (Å²) in [4.78, 5) is 45.0. The predicted octanol–water partition coefficient (Wildman–Crippen LogP) is 5.68. The van der Waals surface area contributed by atoms with Gasteiger partial charge in [0.15, 0.2) is 5.65 Å². The fraction of sp³-hybridized carbons (Fsp3) is 0.429. The van der Waals surface area contributed by atoms with Crippen LogP contribution in [-0.4, -0.2) is 78.2 Å². The van der Waals surface area contributed by atoms with Gasteiger partial charge < -0.3 is 19.3 Å². The van der Waals surface area contributed by atoms with E-state index in [4.69, 9.17) is 14.5 Å². The van der Waals surface area contributed by atoms with Crippen LogP contribution in [0.5, 0.6) is 5.75 Å². The van der Waals surface area contributed by atoms with Crippen molar-refractivity contribution in [2.75, 3.05) is 31.1 Å². The van der Waals surface area contributed by atoms with Crippen LogP contribution < -0.4 is 15.3 Å². The molecule has 1 aromatic carbocycles. The van der Waals surface area contributed by atoms with Crippen molar-refractivity contribution in [2.45, 2.75) is 72.1 Å². The van der Waals surface area contributed by atoms with Gasteiger partial charge in [-0.05, 0) is 39.7 Å². The number of amides is 1. The molecule has 4 aromatic heterocycles. The zero-order chi connectivity index (χ0) is 33.9. The quantitative estimate of drug-likeness (QED) is 0.237. The van der Waals surface area contributed by atoms with Crippen molar-refractivity contribution in [3.8, 4) is 22.7 Å². The van der Waals surface area contributed by atoms with Crippen molar-refractivity contribution >= 4 is 33.8 Å². The van der Waals surface area contributed by atoms with Crippen molar-refractivity contribution < 1.29 is 18.7 Å². The summed E-state index contributed by atoms with van der Waals surface area (Å²) in [6.45, 7) is 13.3. The topological polar surface area (TPSA) is 121 Å². The second-order valence-corrected chi connectivity index (χ2v) is 13.7. The Balaban J connectivity index is 1.47. The summed E-state index contributed by atoms with van der Waals surface area (Å²) in [5.74, 6) is 0.115. The van der Waals surface area contributed by atoms with Crippen molar-refractivity contribution in [1.29, 1.82) is 0 Å². The average molecular weight is 655 g/mol. The fourth-order valence-corrected chi connectivity index (χ4v) is 6.60. The standard InChI is InChI=1S/C35H39FN8O4/c1-20(2)27-30-26(11-12-37-27)47-16-8-13-43-29-22(18-38-43)9-7-10-23(29)28-25(36)17-24-31(40-33(45)44(30)32(24)39-28)42-15-14-41(19-21(42)3)34(46)48-35(4,5)6/h7,9-12,17-18,20-21H,8,13-16,19H2,1-6H3/t21-/m0/s1. The van der Waals surface area contributed by atoms with E-state index < -0.39 is 23.2 Å². The number of benzene rings is 1. The summed E-state index contributed by atoms with van der Waals surface area (Å²) in [6.07, 6.45) is 3.64. The van der Waals surface area contributed by atoms with Crippen LogP contribution >= 0.6 is 0 Å². The van der Waals surface area contributed by atoms with Gasteiger partial charge in [0, 0.05) is 61.9 Å². The number of fused-ring (bicyclic) bond motifs is 4.